The number of ether oxygens (including phenoxy) is 2. The van der Waals surface area contributed by atoms with Crippen LogP contribution in [0.25, 0.3) is 0 Å². The van der Waals surface area contributed by atoms with E-state index in [9.17, 15) is 9.46 Å². The van der Waals surface area contributed by atoms with Crippen LogP contribution in [-0.2, 0) is 13.6 Å². The van der Waals surface area contributed by atoms with Gasteiger partial charge >= 0.3 is 7.82 Å². The van der Waals surface area contributed by atoms with Crippen molar-refractivity contribution in [3.8, 4) is 11.5 Å². The van der Waals surface area contributed by atoms with Crippen molar-refractivity contribution in [2.45, 2.75) is 168 Å². The third kappa shape index (κ3) is 17.6. The monoisotopic (exact) mass is 646 g/mol. The van der Waals surface area contributed by atoms with Crippen LogP contribution in [-0.4, -0.2) is 29.3 Å². The van der Waals surface area contributed by atoms with Crippen molar-refractivity contribution in [3.63, 3.8) is 0 Å². The zero-order valence-corrected chi connectivity index (χ0v) is 29.6. The van der Waals surface area contributed by atoms with Crippen LogP contribution in [0.4, 0.5) is 0 Å². The highest BCUT2D eigenvalue weighted by Gasteiger charge is 2.36. The molecule has 6 nitrogen and oxygen atoms in total. The first kappa shape index (κ1) is 39.3. The Morgan fingerprint density at radius 3 is 1.18 bits per heavy atom. The first-order chi connectivity index (χ1) is 21.9. The van der Waals surface area contributed by atoms with Gasteiger partial charge in [-0.05, 0) is 62.8 Å². The number of benzene rings is 2. The van der Waals surface area contributed by atoms with Gasteiger partial charge in [-0.1, -0.05) is 141 Å². The Morgan fingerprint density at radius 2 is 0.844 bits per heavy atom. The average molecular weight is 647 g/mol. The van der Waals surface area contributed by atoms with E-state index in [-0.39, 0.29) is 12.2 Å². The Bertz CT molecular complexity index is 926. The number of hydrogen-bond acceptors (Lipinski definition) is 5. The molecule has 2 aromatic carbocycles. The Kier molecular flexibility index (Phi) is 21.3. The van der Waals surface area contributed by atoms with E-state index in [1.54, 1.807) is 0 Å². The molecule has 0 amide bonds. The van der Waals surface area contributed by atoms with Gasteiger partial charge in [0, 0.05) is 0 Å². The lowest BCUT2D eigenvalue weighted by atomic mass is 10.0. The first-order valence-corrected chi connectivity index (χ1v) is 19.5. The van der Waals surface area contributed by atoms with Crippen LogP contribution in [0, 0.1) is 0 Å². The third-order valence-electron chi connectivity index (χ3n) is 8.42. The van der Waals surface area contributed by atoms with Crippen molar-refractivity contribution in [1.29, 1.82) is 0 Å². The standard InChI is InChI=1S/C38H63O6P/c1-5-9-11-13-15-17-25-31-37(41-33-27-21-19-22-28-33)35(7-3)43-45(39,40)44-36(8-4)38(42-34-29-23-20-24-30-34)32-26-18-16-14-12-10-6-2/h19-24,27-30,35-38H,5-18,25-26,31-32H2,1-4H3,(H,39,40). The van der Waals surface area contributed by atoms with Gasteiger partial charge < -0.3 is 14.4 Å². The summed E-state index contributed by atoms with van der Waals surface area (Å²) in [4.78, 5) is 11.1. The van der Waals surface area contributed by atoms with Crippen molar-refractivity contribution in [1.82, 2.24) is 0 Å². The molecule has 0 spiro atoms. The minimum Gasteiger partial charge on any atom is -0.488 e. The zero-order chi connectivity index (χ0) is 32.6. The minimum absolute atomic E-state index is 0.360. The predicted octanol–water partition coefficient (Wildman–Crippen LogP) is 11.9. The summed E-state index contributed by atoms with van der Waals surface area (Å²) in [6, 6.07) is 19.3. The molecule has 0 fully saturated rings. The summed E-state index contributed by atoms with van der Waals surface area (Å²) in [5, 5.41) is 0. The van der Waals surface area contributed by atoms with Gasteiger partial charge in [-0.3, -0.25) is 9.05 Å². The number of phosphoric ester groups is 1. The number of phosphoric acid groups is 1. The molecular weight excluding hydrogens is 583 g/mol. The Morgan fingerprint density at radius 1 is 0.511 bits per heavy atom. The molecule has 0 saturated carbocycles. The van der Waals surface area contributed by atoms with Gasteiger partial charge in [0.2, 0.25) is 0 Å². The maximum absolute atomic E-state index is 13.6. The topological polar surface area (TPSA) is 74.2 Å². The number of hydrogen-bond donors (Lipinski definition) is 1. The summed E-state index contributed by atoms with van der Waals surface area (Å²) in [5.74, 6) is 1.47. The summed E-state index contributed by atoms with van der Waals surface area (Å²) >= 11 is 0. The van der Waals surface area contributed by atoms with Crippen LogP contribution in [0.15, 0.2) is 60.7 Å². The highest BCUT2D eigenvalue weighted by Crippen LogP contribution is 2.48. The smallest absolute Gasteiger partial charge is 0.472 e. The van der Waals surface area contributed by atoms with Gasteiger partial charge in [0.25, 0.3) is 0 Å². The van der Waals surface area contributed by atoms with Crippen molar-refractivity contribution in [3.05, 3.63) is 60.7 Å². The normalized spacial score (nSPS) is 15.6. The van der Waals surface area contributed by atoms with Crippen LogP contribution < -0.4 is 9.47 Å². The molecule has 0 aliphatic heterocycles. The van der Waals surface area contributed by atoms with Gasteiger partial charge in [-0.15, -0.1) is 0 Å². The molecule has 7 heteroatoms. The molecule has 2 aromatic rings. The van der Waals surface area contributed by atoms with E-state index in [4.69, 9.17) is 18.5 Å². The summed E-state index contributed by atoms with van der Waals surface area (Å²) in [5.41, 5.74) is 0. The molecule has 0 aliphatic rings. The second kappa shape index (κ2) is 24.3. The molecule has 0 radical (unpaired) electrons. The second-order valence-electron chi connectivity index (χ2n) is 12.3. The van der Waals surface area contributed by atoms with E-state index in [1.807, 2.05) is 74.5 Å². The van der Waals surface area contributed by atoms with E-state index >= 15 is 0 Å². The van der Waals surface area contributed by atoms with Crippen LogP contribution in [0.1, 0.15) is 143 Å². The number of rotatable bonds is 28. The van der Waals surface area contributed by atoms with Crippen LogP contribution >= 0.6 is 7.82 Å². The molecular formula is C38H63O6P. The van der Waals surface area contributed by atoms with Gasteiger partial charge in [0.1, 0.15) is 35.9 Å². The lowest BCUT2D eigenvalue weighted by Gasteiger charge is -2.32. The van der Waals surface area contributed by atoms with Crippen molar-refractivity contribution in [2.75, 3.05) is 0 Å². The van der Waals surface area contributed by atoms with Crippen LogP contribution in [0.5, 0.6) is 11.5 Å². The average Bonchev–Trinajstić information content (AvgIpc) is 3.05. The molecule has 2 rings (SSSR count). The summed E-state index contributed by atoms with van der Waals surface area (Å²) < 4.78 is 38.3. The van der Waals surface area contributed by atoms with Gasteiger partial charge in [0.05, 0.1) is 0 Å². The molecule has 0 aromatic heterocycles. The van der Waals surface area contributed by atoms with Gasteiger partial charge in [-0.2, -0.15) is 0 Å². The molecule has 4 unspecified atom stereocenters. The van der Waals surface area contributed by atoms with E-state index in [0.29, 0.717) is 12.8 Å². The van der Waals surface area contributed by atoms with E-state index in [1.165, 1.54) is 64.2 Å². The van der Waals surface area contributed by atoms with E-state index < -0.39 is 20.0 Å². The van der Waals surface area contributed by atoms with Crippen molar-refractivity contribution in [2.24, 2.45) is 0 Å². The summed E-state index contributed by atoms with van der Waals surface area (Å²) in [6.07, 6.45) is 17.3. The maximum atomic E-state index is 13.6. The maximum Gasteiger partial charge on any atom is 0.472 e. The quantitative estimate of drug-likeness (QED) is 0.0732. The number of unbranched alkanes of at least 4 members (excludes halogenated alkanes) is 12. The molecule has 45 heavy (non-hydrogen) atoms. The molecule has 0 aliphatic carbocycles. The summed E-state index contributed by atoms with van der Waals surface area (Å²) in [6.45, 7) is 8.40. The lowest BCUT2D eigenvalue weighted by Crippen LogP contribution is -2.36. The van der Waals surface area contributed by atoms with Crippen LogP contribution in [0.2, 0.25) is 0 Å². The largest absolute Gasteiger partial charge is 0.488 e. The Balaban J connectivity index is 2.07. The van der Waals surface area contributed by atoms with E-state index in [0.717, 1.165) is 50.0 Å². The Hall–Kier alpha value is -1.85. The first-order valence-electron chi connectivity index (χ1n) is 18.0. The fourth-order valence-electron chi connectivity index (χ4n) is 5.77. The molecule has 4 atom stereocenters. The highest BCUT2D eigenvalue weighted by atomic mass is 31.2. The van der Waals surface area contributed by atoms with Crippen LogP contribution in [0.3, 0.4) is 0 Å². The minimum atomic E-state index is -4.43. The molecule has 256 valence electrons. The molecule has 0 bridgehead atoms. The zero-order valence-electron chi connectivity index (χ0n) is 28.7. The lowest BCUT2D eigenvalue weighted by molar-refractivity contribution is -0.0172. The van der Waals surface area contributed by atoms with Crippen molar-refractivity contribution >= 4 is 7.82 Å². The third-order valence-corrected chi connectivity index (χ3v) is 9.49. The molecule has 0 heterocycles. The van der Waals surface area contributed by atoms with Crippen molar-refractivity contribution < 1.29 is 28.0 Å². The van der Waals surface area contributed by atoms with Gasteiger partial charge in [-0.25, -0.2) is 4.57 Å². The highest BCUT2D eigenvalue weighted by molar-refractivity contribution is 7.47. The fourth-order valence-corrected chi connectivity index (χ4v) is 7.08. The SMILES string of the molecule is CCCCCCCCCC(Oc1ccccc1)C(CC)OP(=O)(O)OC(CC)C(CCCCCCCCC)Oc1ccccc1. The number of para-hydroxylation sites is 2. The van der Waals surface area contributed by atoms with Gasteiger partial charge in [0.15, 0.2) is 0 Å². The summed E-state index contributed by atoms with van der Waals surface area (Å²) in [7, 11) is -4.43. The van der Waals surface area contributed by atoms with E-state index in [2.05, 4.69) is 13.8 Å². The second-order valence-corrected chi connectivity index (χ2v) is 13.7. The predicted molar refractivity (Wildman–Crippen MR) is 187 cm³/mol. The molecule has 0 saturated heterocycles. The Labute approximate surface area is 275 Å². The molecule has 1 N–H and O–H groups in total. The fraction of sp³-hybridized carbons (Fsp3) is 0.684.